The molecule has 1 aromatic heterocycles. The molecular formula is C21H23N3O3S2. The van der Waals surface area contributed by atoms with Crippen LogP contribution < -0.4 is 0 Å². The number of amidine groups is 1. The van der Waals surface area contributed by atoms with Gasteiger partial charge in [-0.1, -0.05) is 29.8 Å². The molecule has 0 atom stereocenters. The van der Waals surface area contributed by atoms with Gasteiger partial charge in [0.15, 0.2) is 0 Å². The summed E-state index contributed by atoms with van der Waals surface area (Å²) in [5.74, 6) is 0.534. The zero-order valence-corrected chi connectivity index (χ0v) is 18.1. The van der Waals surface area contributed by atoms with Crippen molar-refractivity contribution in [3.05, 3.63) is 63.4 Å². The Kier molecular flexibility index (Phi) is 5.31. The van der Waals surface area contributed by atoms with E-state index in [1.54, 1.807) is 0 Å². The van der Waals surface area contributed by atoms with Gasteiger partial charge in [0.2, 0.25) is 0 Å². The highest BCUT2D eigenvalue weighted by Gasteiger charge is 2.34. The third-order valence-electron chi connectivity index (χ3n) is 5.31. The van der Waals surface area contributed by atoms with Crippen molar-refractivity contribution in [2.24, 2.45) is 4.40 Å². The Morgan fingerprint density at radius 1 is 1.03 bits per heavy atom. The van der Waals surface area contributed by atoms with Gasteiger partial charge in [0, 0.05) is 37.1 Å². The van der Waals surface area contributed by atoms with Gasteiger partial charge < -0.3 is 9.80 Å². The first-order valence-electron chi connectivity index (χ1n) is 9.56. The Hall–Kier alpha value is -2.45. The number of hydrogen-bond acceptors (Lipinski definition) is 5. The van der Waals surface area contributed by atoms with Crippen molar-refractivity contribution in [1.29, 1.82) is 0 Å². The molecule has 29 heavy (non-hydrogen) atoms. The molecule has 6 nitrogen and oxygen atoms in total. The fraction of sp³-hybridized carbons (Fsp3) is 0.333. The van der Waals surface area contributed by atoms with E-state index in [0.717, 1.165) is 12.0 Å². The number of carbonyl (C=O) groups excluding carboxylic acids is 1. The largest absolute Gasteiger partial charge is 0.354 e. The molecule has 0 N–H and O–H groups in total. The fourth-order valence-corrected chi connectivity index (χ4v) is 5.90. The van der Waals surface area contributed by atoms with Crippen molar-refractivity contribution < 1.29 is 13.2 Å². The predicted molar refractivity (Wildman–Crippen MR) is 117 cm³/mol. The van der Waals surface area contributed by atoms with E-state index < -0.39 is 10.0 Å². The molecule has 0 spiro atoms. The maximum atomic E-state index is 12.8. The number of sulfonamides is 1. The molecule has 1 aromatic carbocycles. The lowest BCUT2D eigenvalue weighted by Crippen LogP contribution is -2.37. The van der Waals surface area contributed by atoms with Gasteiger partial charge in [0.1, 0.15) is 10.7 Å². The molecule has 0 bridgehead atoms. The van der Waals surface area contributed by atoms with Crippen molar-refractivity contribution in [1.82, 2.24) is 9.80 Å². The Balaban J connectivity index is 1.57. The summed E-state index contributed by atoms with van der Waals surface area (Å²) in [4.78, 5) is 16.8. The Morgan fingerprint density at radius 2 is 1.79 bits per heavy atom. The van der Waals surface area contributed by atoms with Crippen LogP contribution in [0.5, 0.6) is 0 Å². The molecule has 152 valence electrons. The van der Waals surface area contributed by atoms with E-state index in [4.69, 9.17) is 0 Å². The third kappa shape index (κ3) is 3.86. The molecule has 4 rings (SSSR count). The fourth-order valence-electron chi connectivity index (χ4n) is 3.79. The average Bonchev–Trinajstić information content (AvgIpc) is 3.21. The summed E-state index contributed by atoms with van der Waals surface area (Å²) in [6.45, 7) is 6.21. The first kappa shape index (κ1) is 19.8. The van der Waals surface area contributed by atoms with Crippen molar-refractivity contribution in [2.45, 2.75) is 20.3 Å². The first-order valence-corrected chi connectivity index (χ1v) is 11.9. The first-order chi connectivity index (χ1) is 13.9. The van der Waals surface area contributed by atoms with E-state index in [0.29, 0.717) is 48.7 Å². The monoisotopic (exact) mass is 429 g/mol. The van der Waals surface area contributed by atoms with Crippen molar-refractivity contribution in [3.63, 3.8) is 0 Å². The number of carbonyl (C=O) groups is 1. The summed E-state index contributed by atoms with van der Waals surface area (Å²) in [6.07, 6.45) is 0.766. The summed E-state index contributed by atoms with van der Waals surface area (Å²) in [6, 6.07) is 9.30. The quantitative estimate of drug-likeness (QED) is 0.734. The summed E-state index contributed by atoms with van der Waals surface area (Å²) >= 11 is 1.51. The number of nitrogens with zero attached hydrogens (tertiary/aromatic N) is 3. The molecule has 8 heteroatoms. The van der Waals surface area contributed by atoms with Crippen LogP contribution in [0.25, 0.3) is 4.91 Å². The molecule has 3 heterocycles. The second kappa shape index (κ2) is 7.76. The lowest BCUT2D eigenvalue weighted by Gasteiger charge is -2.23. The summed E-state index contributed by atoms with van der Waals surface area (Å²) in [7, 11) is -3.73. The van der Waals surface area contributed by atoms with Crippen LogP contribution in [-0.2, 0) is 10.0 Å². The second-order valence-corrected chi connectivity index (χ2v) is 9.68. The van der Waals surface area contributed by atoms with E-state index >= 15 is 0 Å². The molecule has 0 unspecified atom stereocenters. The van der Waals surface area contributed by atoms with Crippen molar-refractivity contribution in [2.75, 3.05) is 26.2 Å². The van der Waals surface area contributed by atoms with Crippen LogP contribution in [0.2, 0.25) is 0 Å². The van der Waals surface area contributed by atoms with Crippen LogP contribution in [0.15, 0.2) is 51.1 Å². The molecule has 2 aliphatic heterocycles. The number of thiophene rings is 1. The predicted octanol–water partition coefficient (Wildman–Crippen LogP) is 3.38. The highest BCUT2D eigenvalue weighted by Crippen LogP contribution is 2.34. The minimum absolute atomic E-state index is 0.0293. The molecule has 1 amide bonds. The molecule has 1 fully saturated rings. The van der Waals surface area contributed by atoms with E-state index in [9.17, 15) is 13.2 Å². The standard InChI is InChI=1S/C21H23N3O3S2/c1-15-4-6-17(7-5-15)19-16(2)20(22-29(19,26)27)23-9-3-10-24(12-11-23)21(25)18-8-13-28-14-18/h4-8,13-14H,3,9-12H2,1-2H3. The molecule has 0 aliphatic carbocycles. The Bertz CT molecular complexity index is 1080. The van der Waals surface area contributed by atoms with Gasteiger partial charge in [-0.25, -0.2) is 0 Å². The van der Waals surface area contributed by atoms with E-state index in [1.165, 1.54) is 11.3 Å². The normalized spacial score (nSPS) is 19.3. The molecular weight excluding hydrogens is 406 g/mol. The number of hydrogen-bond donors (Lipinski definition) is 0. The molecule has 0 saturated carbocycles. The minimum atomic E-state index is -3.73. The molecule has 1 saturated heterocycles. The Labute approximate surface area is 175 Å². The lowest BCUT2D eigenvalue weighted by molar-refractivity contribution is 0.0764. The maximum absolute atomic E-state index is 12.8. The summed E-state index contributed by atoms with van der Waals surface area (Å²) in [5.41, 5.74) is 3.12. The van der Waals surface area contributed by atoms with Crippen LogP contribution in [0.1, 0.15) is 34.8 Å². The van der Waals surface area contributed by atoms with Gasteiger partial charge in [0.25, 0.3) is 15.9 Å². The minimum Gasteiger partial charge on any atom is -0.354 e. The van der Waals surface area contributed by atoms with Crippen LogP contribution in [0.4, 0.5) is 0 Å². The molecule has 2 aromatic rings. The van der Waals surface area contributed by atoms with Gasteiger partial charge in [-0.15, -0.1) is 4.40 Å². The zero-order valence-electron chi connectivity index (χ0n) is 16.5. The number of aryl methyl sites for hydroxylation is 1. The summed E-state index contributed by atoms with van der Waals surface area (Å²) in [5, 5.41) is 3.76. The topological polar surface area (TPSA) is 70.1 Å². The third-order valence-corrected chi connectivity index (χ3v) is 7.46. The van der Waals surface area contributed by atoms with Crippen LogP contribution in [0, 0.1) is 6.92 Å². The Morgan fingerprint density at radius 3 is 2.48 bits per heavy atom. The lowest BCUT2D eigenvalue weighted by atomic mass is 10.1. The van der Waals surface area contributed by atoms with Gasteiger partial charge in [0.05, 0.1) is 5.56 Å². The van der Waals surface area contributed by atoms with E-state index in [1.807, 2.05) is 64.7 Å². The summed E-state index contributed by atoms with van der Waals surface area (Å²) < 4.78 is 29.7. The SMILES string of the molecule is CC1=C(c2ccc(C)cc2)S(=O)(=O)N=C1N1CCCN(C(=O)c2ccsc2)CC1. The zero-order chi connectivity index (χ0) is 20.6. The number of benzene rings is 1. The molecule has 2 aliphatic rings. The van der Waals surface area contributed by atoms with Gasteiger partial charge in [-0.2, -0.15) is 19.8 Å². The van der Waals surface area contributed by atoms with Crippen LogP contribution >= 0.6 is 11.3 Å². The average molecular weight is 430 g/mol. The van der Waals surface area contributed by atoms with Crippen molar-refractivity contribution >= 4 is 38.0 Å². The van der Waals surface area contributed by atoms with Crippen molar-refractivity contribution in [3.8, 4) is 0 Å². The molecule has 0 radical (unpaired) electrons. The number of amides is 1. The van der Waals surface area contributed by atoms with Gasteiger partial charge >= 0.3 is 0 Å². The van der Waals surface area contributed by atoms with E-state index in [-0.39, 0.29) is 10.8 Å². The highest BCUT2D eigenvalue weighted by atomic mass is 32.2. The van der Waals surface area contributed by atoms with E-state index in [2.05, 4.69) is 4.40 Å². The van der Waals surface area contributed by atoms with Gasteiger partial charge in [-0.05, 0) is 37.3 Å². The van der Waals surface area contributed by atoms with Crippen LogP contribution in [0.3, 0.4) is 0 Å². The van der Waals surface area contributed by atoms with Crippen LogP contribution in [-0.4, -0.2) is 56.1 Å². The smallest absolute Gasteiger partial charge is 0.285 e. The highest BCUT2D eigenvalue weighted by molar-refractivity contribution is 8.00. The second-order valence-electron chi connectivity index (χ2n) is 7.35. The number of rotatable bonds is 2. The van der Waals surface area contributed by atoms with Gasteiger partial charge in [-0.3, -0.25) is 4.79 Å². The maximum Gasteiger partial charge on any atom is 0.285 e.